The molecule has 26 nitrogen and oxygen atoms in total. The zero-order valence-corrected chi connectivity index (χ0v) is 101. The lowest BCUT2D eigenvalue weighted by Gasteiger charge is -2.42. The van der Waals surface area contributed by atoms with Crippen molar-refractivity contribution in [3.63, 3.8) is 0 Å². The Bertz CT molecular complexity index is 5300. The van der Waals surface area contributed by atoms with E-state index < -0.39 is 31.8 Å². The van der Waals surface area contributed by atoms with Gasteiger partial charge in [-0.1, -0.05) is 72.0 Å². The molecule has 0 radical (unpaired) electrons. The Hall–Kier alpha value is -5.80. The van der Waals surface area contributed by atoms with E-state index in [-0.39, 0.29) is 131 Å². The number of hydrogen-bond donors (Lipinski definition) is 3. The predicted octanol–water partition coefficient (Wildman–Crippen LogP) is 25.0. The number of anilines is 5. The number of thiophene rings is 5. The van der Waals surface area contributed by atoms with E-state index >= 15 is 0 Å². The van der Waals surface area contributed by atoms with E-state index in [2.05, 4.69) is 145 Å². The number of methoxy groups -OCH3 is 5. The van der Waals surface area contributed by atoms with Gasteiger partial charge in [0.25, 0.3) is 0 Å². The molecule has 11 fully saturated rings. The van der Waals surface area contributed by atoms with E-state index in [1.54, 1.807) is 0 Å². The number of rotatable bonds is 20. The number of aliphatic hydroxyl groups excluding tert-OH is 3. The smallest absolute Gasteiger partial charge is 0.350 e. The molecule has 11 aliphatic rings. The quantitative estimate of drug-likeness (QED) is 0.0214. The van der Waals surface area contributed by atoms with E-state index in [9.17, 15) is 68.1 Å². The summed E-state index contributed by atoms with van der Waals surface area (Å²) in [6.45, 7) is 25.2. The van der Waals surface area contributed by atoms with Crippen LogP contribution in [0.2, 0.25) is 19.6 Å². The Morgan fingerprint density at radius 1 is 0.345 bits per heavy atom. The first-order chi connectivity index (χ1) is 70.4. The molecule has 0 bridgehead atoms. The van der Waals surface area contributed by atoms with Gasteiger partial charge in [0.1, 0.15) is 38.2 Å². The van der Waals surface area contributed by atoms with Crippen molar-refractivity contribution in [2.24, 2.45) is 64.6 Å². The standard InChI is InChI=1S/C26H37NO4S.C25H37NO4SSi.C22H30INO5S.C20H28INO4S.C20H26INO4S/c1-17-6-8-18(9-7-17)24(29)27(19-10-12-20(28)13-11-19)22-16-21(14-15-26(2,3)4)32-23(22)25(30)31-5;1-17-6-8-18(9-7-17)24(28)26(19-10-12-20(27)13-11-19)22-16-21(14-15-32(3,4)5)31-23(22)25(29)30-2;1-14-3-5-15(6-4-14)20(25)24(17-13-18(23)30-19(17)21(26)27-2)16-7-9-22(10-8-16)28-11-12-29-22;2*1-12-3-5-13(6-4-12)19(24)22(14-7-9-15(23)10-8-14)16-11-17(21)27-18(16)20(25)26-2/h16-20,28H,6-13H2,1-5H3;16-20,27H,6-13H2,1-5H3;13-16H,3-12H2,1-2H3;11-15,23H,3-10H2,1-2H3;11-14H,3-10H2,1-2H3. The maximum absolute atomic E-state index is 13.9. The van der Waals surface area contributed by atoms with Crippen LogP contribution in [-0.2, 0) is 61.9 Å². The number of hydrogen-bond acceptors (Lipinski definition) is 26. The summed E-state index contributed by atoms with van der Waals surface area (Å²) in [6.07, 6.45) is 33.0. The number of ether oxygens (including phenoxy) is 7. The van der Waals surface area contributed by atoms with Crippen LogP contribution in [0.3, 0.4) is 0 Å². The first-order valence-electron chi connectivity index (χ1n) is 54.0. The maximum atomic E-state index is 13.9. The molecule has 5 amide bonds. The molecule has 16 rings (SSSR count). The monoisotopic (exact) mass is 2490 g/mol. The van der Waals surface area contributed by atoms with Gasteiger partial charge in [-0.15, -0.1) is 62.2 Å². The van der Waals surface area contributed by atoms with Crippen molar-refractivity contribution in [3.8, 4) is 23.3 Å². The van der Waals surface area contributed by atoms with Gasteiger partial charge in [-0.3, -0.25) is 28.8 Å². The van der Waals surface area contributed by atoms with Crippen molar-refractivity contribution >= 4 is 226 Å². The first kappa shape index (κ1) is 121. The van der Waals surface area contributed by atoms with Gasteiger partial charge in [0, 0.05) is 90.9 Å². The minimum absolute atomic E-state index is 0.00175. The molecule has 0 aromatic carbocycles. The second-order valence-electron chi connectivity index (χ2n) is 45.2. The van der Waals surface area contributed by atoms with Crippen LogP contribution in [0.15, 0.2) is 30.3 Å². The van der Waals surface area contributed by atoms with Gasteiger partial charge in [-0.25, -0.2) is 24.0 Å². The number of aliphatic hydroxyl groups is 3. The highest BCUT2D eigenvalue weighted by atomic mass is 127. The number of Topliss-reactive ketones (excluding diaryl/α,β-unsaturated/α-hetero) is 1. The summed E-state index contributed by atoms with van der Waals surface area (Å²) < 4.78 is 39.8. The van der Waals surface area contributed by atoms with Gasteiger partial charge in [0.05, 0.1) is 114 Å². The van der Waals surface area contributed by atoms with E-state index in [4.69, 9.17) is 33.2 Å². The average Bonchev–Trinajstić information content (AvgIpc) is 1.60. The van der Waals surface area contributed by atoms with Gasteiger partial charge in [0.15, 0.2) is 5.79 Å². The summed E-state index contributed by atoms with van der Waals surface area (Å²) in [6, 6.07) is 9.65. The lowest BCUT2D eigenvalue weighted by Crippen LogP contribution is -2.49. The molecule has 0 unspecified atom stereocenters. The van der Waals surface area contributed by atoms with Crippen LogP contribution < -0.4 is 24.5 Å². The second-order valence-corrected chi connectivity index (χ2v) is 60.9. The fourth-order valence-electron chi connectivity index (χ4n) is 22.7. The summed E-state index contributed by atoms with van der Waals surface area (Å²) in [5, 5.41) is 30.0. The van der Waals surface area contributed by atoms with Crippen molar-refractivity contribution in [1.29, 1.82) is 0 Å². The zero-order chi connectivity index (χ0) is 107. The van der Waals surface area contributed by atoms with E-state index in [0.29, 0.717) is 160 Å². The number of amides is 5. The number of ketones is 1. The number of nitrogens with zero attached hydrogens (tertiary/aromatic N) is 5. The maximum Gasteiger partial charge on any atom is 0.350 e. The first-order valence-corrected chi connectivity index (χ1v) is 64.8. The summed E-state index contributed by atoms with van der Waals surface area (Å²) in [4.78, 5) is 156. The molecule has 35 heteroatoms. The van der Waals surface area contributed by atoms with Gasteiger partial charge in [-0.05, 0) is 380 Å². The van der Waals surface area contributed by atoms with E-state index in [1.807, 2.05) is 75.6 Å². The third-order valence-electron chi connectivity index (χ3n) is 31.6. The van der Waals surface area contributed by atoms with Crippen LogP contribution in [0, 0.1) is 96.6 Å². The Balaban J connectivity index is 0.000000165. The molecular weight excluding hydrogens is 2330 g/mol. The van der Waals surface area contributed by atoms with Crippen LogP contribution in [0.5, 0.6) is 0 Å². The van der Waals surface area contributed by atoms with Gasteiger partial charge >= 0.3 is 29.8 Å². The molecule has 10 saturated carbocycles. The summed E-state index contributed by atoms with van der Waals surface area (Å²) in [5.41, 5.74) is 6.56. The predicted molar refractivity (Wildman–Crippen MR) is 615 cm³/mol. The summed E-state index contributed by atoms with van der Waals surface area (Å²) in [7, 11) is 5.31. The third kappa shape index (κ3) is 32.9. The van der Waals surface area contributed by atoms with Gasteiger partial charge < -0.3 is 73.0 Å². The Kier molecular flexibility index (Phi) is 45.9. The third-order valence-corrected chi connectivity index (χ3v) is 40.1. The molecule has 0 atom stereocenters. The number of halogens is 3. The molecule has 10 aliphatic carbocycles. The molecule has 816 valence electrons. The Morgan fingerprint density at radius 3 is 0.818 bits per heavy atom. The van der Waals surface area contributed by atoms with E-state index in [1.165, 1.54) is 92.2 Å². The van der Waals surface area contributed by atoms with Crippen molar-refractivity contribution in [1.82, 2.24) is 0 Å². The molecule has 5 aromatic rings. The highest BCUT2D eigenvalue weighted by molar-refractivity contribution is 14.1. The molecule has 6 heterocycles. The molecule has 1 saturated heterocycles. The molecule has 148 heavy (non-hydrogen) atoms. The van der Waals surface area contributed by atoms with Crippen LogP contribution >= 0.6 is 124 Å². The van der Waals surface area contributed by atoms with Gasteiger partial charge in [0.2, 0.25) is 29.5 Å². The van der Waals surface area contributed by atoms with Crippen LogP contribution in [0.25, 0.3) is 0 Å². The van der Waals surface area contributed by atoms with Crippen LogP contribution in [0.4, 0.5) is 28.4 Å². The lowest BCUT2D eigenvalue weighted by atomic mass is 9.81. The molecule has 5 aromatic heterocycles. The van der Waals surface area contributed by atoms with E-state index in [0.717, 1.165) is 211 Å². The van der Waals surface area contributed by atoms with Crippen molar-refractivity contribution in [3.05, 3.63) is 73.1 Å². The molecule has 3 N–H and O–H groups in total. The second kappa shape index (κ2) is 56.2. The van der Waals surface area contributed by atoms with Crippen LogP contribution in [0.1, 0.15) is 370 Å². The molecule has 1 spiro atoms. The minimum Gasteiger partial charge on any atom is -0.465 e. The zero-order valence-electron chi connectivity index (χ0n) is 89.6. The van der Waals surface area contributed by atoms with Gasteiger partial charge in [-0.2, -0.15) is 0 Å². The largest absolute Gasteiger partial charge is 0.465 e. The summed E-state index contributed by atoms with van der Waals surface area (Å²) >= 11 is 13.3. The molecular formula is C113H158I3N5O21S5Si. The van der Waals surface area contributed by atoms with Crippen molar-refractivity contribution in [2.45, 2.75) is 386 Å². The van der Waals surface area contributed by atoms with Crippen molar-refractivity contribution < 1.29 is 101 Å². The fourth-order valence-corrected chi connectivity index (χ4v) is 30.4. The highest BCUT2D eigenvalue weighted by Crippen LogP contribution is 2.49. The SMILES string of the molecule is COC(=O)c1sc(C#CC(C)(C)C)cc1N(C(=O)C1CCC(C)CC1)C1CCC(O)CC1.COC(=O)c1sc(C#C[Si](C)(C)C)cc1N(C(=O)C1CCC(C)CC1)C1CCC(O)CC1.COC(=O)c1sc(I)cc1N(C(=O)C1CCC(C)CC1)C1CCC(=O)CC1.COC(=O)c1sc(I)cc1N(C(=O)C1CCC(C)CC1)C1CCC(O)CC1.COC(=O)c1sc(I)cc1N(C(=O)C1CCC(C)CC1)C1CCC2(CC1)OCCO2. The lowest BCUT2D eigenvalue weighted by molar-refractivity contribution is -0.179. The number of esters is 5. The Morgan fingerprint density at radius 2 is 0.574 bits per heavy atom. The number of carbonyl (C=O) groups is 11. The summed E-state index contributed by atoms with van der Waals surface area (Å²) in [5.74, 6) is 11.5. The number of carbonyl (C=O) groups excluding carboxylic acids is 11. The average molecular weight is 2490 g/mol. The Labute approximate surface area is 939 Å². The topological polar surface area (TPSA) is 329 Å². The molecule has 1 aliphatic heterocycles. The van der Waals surface area contributed by atoms with Crippen LogP contribution in [-0.4, -0.2) is 192 Å². The highest BCUT2D eigenvalue weighted by Gasteiger charge is 2.48. The van der Waals surface area contributed by atoms with Crippen molar-refractivity contribution in [2.75, 3.05) is 73.3 Å². The normalized spacial score (nSPS) is 26.2. The minimum atomic E-state index is -1.58. The fraction of sp³-hybridized carbons (Fsp3) is 0.690.